The van der Waals surface area contributed by atoms with Crippen molar-refractivity contribution in [2.24, 2.45) is 0 Å². The lowest BCUT2D eigenvalue weighted by Gasteiger charge is -2.03. The summed E-state index contributed by atoms with van der Waals surface area (Å²) in [5.74, 6) is 0. The summed E-state index contributed by atoms with van der Waals surface area (Å²) in [5, 5.41) is 4.71. The van der Waals surface area contributed by atoms with Crippen LogP contribution < -0.4 is 5.56 Å². The molecule has 0 aliphatic rings. The number of pyridine rings is 2. The van der Waals surface area contributed by atoms with Crippen LogP contribution in [0, 0.1) is 0 Å². The molecule has 0 fully saturated rings. The number of fused-ring (bicyclic) bond motifs is 1. The Morgan fingerprint density at radius 3 is 2.45 bits per heavy atom. The molecule has 0 spiro atoms. The van der Waals surface area contributed by atoms with Crippen LogP contribution in [0.3, 0.4) is 0 Å². The van der Waals surface area contributed by atoms with E-state index in [1.54, 1.807) is 6.20 Å². The number of aromatic nitrogens is 3. The van der Waals surface area contributed by atoms with E-state index < -0.39 is 0 Å². The molecule has 0 radical (unpaired) electrons. The van der Waals surface area contributed by atoms with Gasteiger partial charge in [-0.15, -0.1) is 0 Å². The highest BCUT2D eigenvalue weighted by molar-refractivity contribution is 5.91. The molecule has 3 aromatic heterocycles. The van der Waals surface area contributed by atoms with Gasteiger partial charge in [0, 0.05) is 35.2 Å². The number of H-pyrrole nitrogens is 1. The van der Waals surface area contributed by atoms with Crippen LogP contribution in [-0.4, -0.2) is 14.6 Å². The number of benzene rings is 1. The number of aromatic amines is 1. The topological polar surface area (TPSA) is 50.2 Å². The van der Waals surface area contributed by atoms with E-state index >= 15 is 0 Å². The quantitative estimate of drug-likeness (QED) is 0.614. The van der Waals surface area contributed by atoms with Crippen LogP contribution in [-0.2, 0) is 0 Å². The molecule has 0 atom stereocenters. The average Bonchev–Trinajstić information content (AvgIpc) is 2.96. The first-order valence-corrected chi connectivity index (χ1v) is 7.05. The van der Waals surface area contributed by atoms with Gasteiger partial charge in [-0.25, -0.2) is 4.52 Å². The molecule has 4 rings (SSSR count). The van der Waals surface area contributed by atoms with Crippen molar-refractivity contribution in [1.82, 2.24) is 14.6 Å². The standard InChI is InChI=1S/C18H13N3O/c22-16-10-9-14(12-19-16)17-15-8-4-5-11-21(15)20-18(17)13-6-2-1-3-7-13/h1-12H,(H,19,22). The third-order valence-corrected chi connectivity index (χ3v) is 3.66. The highest BCUT2D eigenvalue weighted by atomic mass is 16.1. The van der Waals surface area contributed by atoms with Gasteiger partial charge in [0.15, 0.2) is 0 Å². The first kappa shape index (κ1) is 12.6. The summed E-state index contributed by atoms with van der Waals surface area (Å²) >= 11 is 0. The minimum absolute atomic E-state index is 0.110. The summed E-state index contributed by atoms with van der Waals surface area (Å²) in [4.78, 5) is 14.1. The van der Waals surface area contributed by atoms with Gasteiger partial charge >= 0.3 is 0 Å². The molecular formula is C18H13N3O. The van der Waals surface area contributed by atoms with Crippen LogP contribution in [0.4, 0.5) is 0 Å². The largest absolute Gasteiger partial charge is 0.328 e. The Kier molecular flexibility index (Phi) is 2.86. The predicted octanol–water partition coefficient (Wildman–Crippen LogP) is 3.36. The summed E-state index contributed by atoms with van der Waals surface area (Å²) in [6.45, 7) is 0. The number of hydrogen-bond acceptors (Lipinski definition) is 2. The maximum Gasteiger partial charge on any atom is 0.247 e. The normalized spacial score (nSPS) is 10.9. The molecule has 0 saturated carbocycles. The smallest absolute Gasteiger partial charge is 0.247 e. The Hall–Kier alpha value is -3.14. The maximum absolute atomic E-state index is 11.3. The van der Waals surface area contributed by atoms with Crippen LogP contribution in [0.2, 0.25) is 0 Å². The molecule has 0 amide bonds. The Morgan fingerprint density at radius 1 is 0.864 bits per heavy atom. The predicted molar refractivity (Wildman–Crippen MR) is 86.7 cm³/mol. The zero-order valence-electron chi connectivity index (χ0n) is 11.7. The molecule has 106 valence electrons. The maximum atomic E-state index is 11.3. The first-order chi connectivity index (χ1) is 10.8. The molecule has 22 heavy (non-hydrogen) atoms. The Labute approximate surface area is 126 Å². The van der Waals surface area contributed by atoms with Gasteiger partial charge in [-0.1, -0.05) is 36.4 Å². The fraction of sp³-hybridized carbons (Fsp3) is 0. The van der Waals surface area contributed by atoms with Crippen molar-refractivity contribution in [2.45, 2.75) is 0 Å². The molecular weight excluding hydrogens is 274 g/mol. The molecule has 4 heteroatoms. The monoisotopic (exact) mass is 287 g/mol. The molecule has 1 aromatic carbocycles. The fourth-order valence-electron chi connectivity index (χ4n) is 2.65. The number of nitrogens with zero attached hydrogens (tertiary/aromatic N) is 2. The summed E-state index contributed by atoms with van der Waals surface area (Å²) in [7, 11) is 0. The summed E-state index contributed by atoms with van der Waals surface area (Å²) in [6.07, 6.45) is 3.66. The van der Waals surface area contributed by atoms with Crippen molar-refractivity contribution in [3.63, 3.8) is 0 Å². The summed E-state index contributed by atoms with van der Waals surface area (Å²) in [6, 6.07) is 19.4. The van der Waals surface area contributed by atoms with Crippen molar-refractivity contribution >= 4 is 5.52 Å². The van der Waals surface area contributed by atoms with Gasteiger partial charge in [-0.05, 0) is 18.2 Å². The third-order valence-electron chi connectivity index (χ3n) is 3.66. The number of hydrogen-bond donors (Lipinski definition) is 1. The lowest BCUT2D eigenvalue weighted by atomic mass is 10.0. The second-order valence-electron chi connectivity index (χ2n) is 5.06. The highest BCUT2D eigenvalue weighted by Crippen LogP contribution is 2.34. The highest BCUT2D eigenvalue weighted by Gasteiger charge is 2.15. The van der Waals surface area contributed by atoms with Gasteiger partial charge < -0.3 is 4.98 Å². The van der Waals surface area contributed by atoms with Crippen molar-refractivity contribution in [3.8, 4) is 22.4 Å². The molecule has 0 aliphatic heterocycles. The van der Waals surface area contributed by atoms with Gasteiger partial charge in [-0.3, -0.25) is 4.79 Å². The summed E-state index contributed by atoms with van der Waals surface area (Å²) < 4.78 is 1.86. The molecule has 4 aromatic rings. The minimum Gasteiger partial charge on any atom is -0.328 e. The molecule has 1 N–H and O–H groups in total. The van der Waals surface area contributed by atoms with E-state index in [-0.39, 0.29) is 5.56 Å². The zero-order chi connectivity index (χ0) is 14.9. The lowest BCUT2D eigenvalue weighted by molar-refractivity contribution is 0.966. The van der Waals surface area contributed by atoms with Crippen molar-refractivity contribution < 1.29 is 0 Å². The molecule has 0 aliphatic carbocycles. The number of rotatable bonds is 2. The molecule has 3 heterocycles. The third kappa shape index (κ3) is 2.02. The molecule has 4 nitrogen and oxygen atoms in total. The van der Waals surface area contributed by atoms with Crippen molar-refractivity contribution in [2.75, 3.05) is 0 Å². The lowest BCUT2D eigenvalue weighted by Crippen LogP contribution is -2.01. The van der Waals surface area contributed by atoms with Crippen LogP contribution in [0.25, 0.3) is 27.9 Å². The van der Waals surface area contributed by atoms with Crippen molar-refractivity contribution in [1.29, 1.82) is 0 Å². The second-order valence-corrected chi connectivity index (χ2v) is 5.06. The zero-order valence-corrected chi connectivity index (χ0v) is 11.7. The second kappa shape index (κ2) is 5.00. The van der Waals surface area contributed by atoms with E-state index in [0.717, 1.165) is 27.9 Å². The van der Waals surface area contributed by atoms with E-state index in [2.05, 4.69) is 4.98 Å². The van der Waals surface area contributed by atoms with Gasteiger partial charge in [0.05, 0.1) is 5.52 Å². The van der Waals surface area contributed by atoms with Gasteiger partial charge in [0.25, 0.3) is 0 Å². The van der Waals surface area contributed by atoms with Crippen LogP contribution in [0.15, 0.2) is 77.9 Å². The average molecular weight is 287 g/mol. The Bertz CT molecular complexity index is 979. The molecule has 0 bridgehead atoms. The van der Waals surface area contributed by atoms with Crippen LogP contribution >= 0.6 is 0 Å². The summed E-state index contributed by atoms with van der Waals surface area (Å²) in [5.41, 5.74) is 4.81. The minimum atomic E-state index is -0.110. The van der Waals surface area contributed by atoms with Crippen LogP contribution in [0.5, 0.6) is 0 Å². The Morgan fingerprint density at radius 2 is 1.68 bits per heavy atom. The van der Waals surface area contributed by atoms with E-state index in [0.29, 0.717) is 0 Å². The van der Waals surface area contributed by atoms with Crippen LogP contribution in [0.1, 0.15) is 0 Å². The fourth-order valence-corrected chi connectivity index (χ4v) is 2.65. The van der Waals surface area contributed by atoms with E-state index in [1.165, 1.54) is 6.07 Å². The van der Waals surface area contributed by atoms with Gasteiger partial charge in [0.1, 0.15) is 5.69 Å². The molecule has 0 saturated heterocycles. The number of nitrogens with one attached hydrogen (secondary N) is 1. The van der Waals surface area contributed by atoms with Gasteiger partial charge in [0.2, 0.25) is 5.56 Å². The van der Waals surface area contributed by atoms with E-state index in [9.17, 15) is 4.79 Å². The van der Waals surface area contributed by atoms with E-state index in [4.69, 9.17) is 5.10 Å². The SMILES string of the molecule is O=c1ccc(-c2c(-c3ccccc3)nn3ccccc23)c[nH]1. The van der Waals surface area contributed by atoms with Crippen molar-refractivity contribution in [3.05, 3.63) is 83.4 Å². The first-order valence-electron chi connectivity index (χ1n) is 7.05. The van der Waals surface area contributed by atoms with E-state index in [1.807, 2.05) is 65.3 Å². The molecule has 0 unspecified atom stereocenters. The van der Waals surface area contributed by atoms with Gasteiger partial charge in [-0.2, -0.15) is 5.10 Å². The Balaban J connectivity index is 2.06.